The molecule has 0 saturated carbocycles. The van der Waals surface area contributed by atoms with E-state index in [1.807, 2.05) is 28.1 Å². The normalized spacial score (nSPS) is 14.9. The average Bonchev–Trinajstić information content (AvgIpc) is 2.36. The minimum Gasteiger partial charge on any atom is -0.388 e. The number of likely N-dealkylation sites (N-methyl/N-ethyl adjacent to an activating group) is 2. The molecule has 0 saturated heterocycles. The Balaban J connectivity index is 2.53. The molecule has 1 aromatic rings. The number of aliphatic hydroxyl groups is 1. The van der Waals surface area contributed by atoms with Crippen molar-refractivity contribution in [3.05, 3.63) is 35.6 Å². The molecule has 0 heterocycles. The largest absolute Gasteiger partial charge is 0.388 e. The van der Waals surface area contributed by atoms with Gasteiger partial charge in [0.2, 0.25) is 0 Å². The van der Waals surface area contributed by atoms with Gasteiger partial charge in [-0.15, -0.1) is 0 Å². The van der Waals surface area contributed by atoms with Crippen molar-refractivity contribution in [3.63, 3.8) is 0 Å². The lowest BCUT2D eigenvalue weighted by Gasteiger charge is -2.26. The maximum Gasteiger partial charge on any atom is 0.129 e. The fourth-order valence-electron chi connectivity index (χ4n) is 2.07. The van der Waals surface area contributed by atoms with Gasteiger partial charge in [0.25, 0.3) is 0 Å². The first-order chi connectivity index (χ1) is 8.91. The first-order valence-corrected chi connectivity index (χ1v) is 6.67. The van der Waals surface area contributed by atoms with Crippen molar-refractivity contribution in [2.75, 3.05) is 40.8 Å². The van der Waals surface area contributed by atoms with Crippen molar-refractivity contribution in [1.82, 2.24) is 9.80 Å². The van der Waals surface area contributed by atoms with E-state index in [-0.39, 0.29) is 11.7 Å². The Labute approximate surface area is 115 Å². The summed E-state index contributed by atoms with van der Waals surface area (Å²) in [5.74, 6) is -0.346. The summed E-state index contributed by atoms with van der Waals surface area (Å²) in [6, 6.07) is 6.43. The molecule has 3 nitrogen and oxygen atoms in total. The van der Waals surface area contributed by atoms with Crippen molar-refractivity contribution in [1.29, 1.82) is 0 Å². The third kappa shape index (κ3) is 5.27. The molecule has 1 N–H and O–H groups in total. The van der Waals surface area contributed by atoms with Crippen LogP contribution in [0.15, 0.2) is 24.3 Å². The van der Waals surface area contributed by atoms with Crippen molar-refractivity contribution >= 4 is 0 Å². The average molecular weight is 268 g/mol. The van der Waals surface area contributed by atoms with Crippen LogP contribution in [0.3, 0.4) is 0 Å². The number of nitrogens with zero attached hydrogens (tertiary/aromatic N) is 2. The van der Waals surface area contributed by atoms with Crippen LogP contribution in [0.5, 0.6) is 0 Å². The van der Waals surface area contributed by atoms with E-state index in [0.29, 0.717) is 5.56 Å². The standard InChI is InChI=1S/C15H25FN2O/c1-12(11-18(4)10-9-17(2)3)15(19)13-7-5-6-8-14(13)16/h5-8,12,15,19H,9-11H2,1-4H3. The fraction of sp³-hybridized carbons (Fsp3) is 0.600. The zero-order valence-electron chi connectivity index (χ0n) is 12.3. The number of hydrogen-bond acceptors (Lipinski definition) is 3. The number of halogens is 1. The van der Waals surface area contributed by atoms with Crippen LogP contribution < -0.4 is 0 Å². The third-order valence-electron chi connectivity index (χ3n) is 3.29. The molecule has 0 bridgehead atoms. The summed E-state index contributed by atoms with van der Waals surface area (Å²) in [5.41, 5.74) is 0.385. The molecule has 0 spiro atoms. The summed E-state index contributed by atoms with van der Waals surface area (Å²) in [4.78, 5) is 4.28. The van der Waals surface area contributed by atoms with Gasteiger partial charge in [-0.3, -0.25) is 0 Å². The van der Waals surface area contributed by atoms with Crippen LogP contribution >= 0.6 is 0 Å². The van der Waals surface area contributed by atoms with Crippen LogP contribution in [-0.2, 0) is 0 Å². The second kappa shape index (κ2) is 7.58. The van der Waals surface area contributed by atoms with Crippen LogP contribution in [0.2, 0.25) is 0 Å². The van der Waals surface area contributed by atoms with Crippen LogP contribution in [-0.4, -0.2) is 55.7 Å². The van der Waals surface area contributed by atoms with Gasteiger partial charge in [0.1, 0.15) is 5.82 Å². The van der Waals surface area contributed by atoms with Crippen molar-refractivity contribution in [2.24, 2.45) is 5.92 Å². The molecule has 4 heteroatoms. The van der Waals surface area contributed by atoms with E-state index in [1.165, 1.54) is 6.07 Å². The van der Waals surface area contributed by atoms with E-state index in [1.54, 1.807) is 18.2 Å². The lowest BCUT2D eigenvalue weighted by atomic mass is 9.96. The minimum atomic E-state index is -0.761. The van der Waals surface area contributed by atoms with Crippen LogP contribution in [0.25, 0.3) is 0 Å². The molecule has 2 unspecified atom stereocenters. The smallest absolute Gasteiger partial charge is 0.129 e. The summed E-state index contributed by atoms with van der Waals surface area (Å²) in [5, 5.41) is 10.2. The number of rotatable bonds is 7. The molecule has 0 aromatic heterocycles. The molecule has 1 rings (SSSR count). The second-order valence-corrected chi connectivity index (χ2v) is 5.51. The van der Waals surface area contributed by atoms with Crippen LogP contribution in [0.1, 0.15) is 18.6 Å². The van der Waals surface area contributed by atoms with Gasteiger partial charge < -0.3 is 14.9 Å². The zero-order valence-corrected chi connectivity index (χ0v) is 12.3. The zero-order chi connectivity index (χ0) is 14.4. The molecule has 19 heavy (non-hydrogen) atoms. The van der Waals surface area contributed by atoms with Crippen LogP contribution in [0.4, 0.5) is 4.39 Å². The molecular weight excluding hydrogens is 243 g/mol. The summed E-state index contributed by atoms with van der Waals surface area (Å²) < 4.78 is 13.6. The maximum absolute atomic E-state index is 13.6. The number of benzene rings is 1. The SMILES string of the molecule is CC(CN(C)CCN(C)C)C(O)c1ccccc1F. The van der Waals surface area contributed by atoms with Gasteiger partial charge in [-0.25, -0.2) is 4.39 Å². The van der Waals surface area contributed by atoms with E-state index in [9.17, 15) is 9.50 Å². The van der Waals surface area contributed by atoms with Gasteiger partial charge in [0.05, 0.1) is 6.10 Å². The molecule has 0 radical (unpaired) electrons. The van der Waals surface area contributed by atoms with Gasteiger partial charge in [-0.1, -0.05) is 25.1 Å². The highest BCUT2D eigenvalue weighted by molar-refractivity contribution is 5.20. The molecule has 1 aromatic carbocycles. The molecule has 0 aliphatic heterocycles. The topological polar surface area (TPSA) is 26.7 Å². The molecule has 0 aliphatic carbocycles. The predicted octanol–water partition coefficient (Wildman–Crippen LogP) is 1.99. The lowest BCUT2D eigenvalue weighted by molar-refractivity contribution is 0.0902. The van der Waals surface area contributed by atoms with Crippen molar-refractivity contribution in [3.8, 4) is 0 Å². The summed E-state index contributed by atoms with van der Waals surface area (Å²) in [7, 11) is 6.09. The van der Waals surface area contributed by atoms with Crippen molar-refractivity contribution < 1.29 is 9.50 Å². The van der Waals surface area contributed by atoms with Gasteiger partial charge >= 0.3 is 0 Å². The molecule has 108 valence electrons. The Morgan fingerprint density at radius 2 is 1.79 bits per heavy atom. The van der Waals surface area contributed by atoms with E-state index in [0.717, 1.165) is 19.6 Å². The molecule has 2 atom stereocenters. The van der Waals surface area contributed by atoms with E-state index < -0.39 is 6.10 Å². The Morgan fingerprint density at radius 1 is 1.16 bits per heavy atom. The summed E-state index contributed by atoms with van der Waals surface area (Å²) in [6.45, 7) is 4.59. The molecule has 0 aliphatic rings. The Hall–Kier alpha value is -0.970. The van der Waals surface area contributed by atoms with E-state index >= 15 is 0 Å². The van der Waals surface area contributed by atoms with E-state index in [4.69, 9.17) is 0 Å². The number of aliphatic hydroxyl groups excluding tert-OH is 1. The van der Waals surface area contributed by atoms with Gasteiger partial charge in [0.15, 0.2) is 0 Å². The van der Waals surface area contributed by atoms with Crippen molar-refractivity contribution in [2.45, 2.75) is 13.0 Å². The quantitative estimate of drug-likeness (QED) is 0.819. The van der Waals surface area contributed by atoms with Gasteiger partial charge in [-0.05, 0) is 33.1 Å². The highest BCUT2D eigenvalue weighted by Crippen LogP contribution is 2.24. The Kier molecular flexibility index (Phi) is 6.42. The predicted molar refractivity (Wildman–Crippen MR) is 76.6 cm³/mol. The second-order valence-electron chi connectivity index (χ2n) is 5.51. The Bertz CT molecular complexity index is 384. The minimum absolute atomic E-state index is 0.0101. The van der Waals surface area contributed by atoms with Crippen LogP contribution in [0, 0.1) is 11.7 Å². The monoisotopic (exact) mass is 268 g/mol. The maximum atomic E-state index is 13.6. The summed E-state index contributed by atoms with van der Waals surface area (Å²) in [6.07, 6.45) is -0.761. The lowest BCUT2D eigenvalue weighted by Crippen LogP contribution is -2.33. The highest BCUT2D eigenvalue weighted by Gasteiger charge is 2.20. The first kappa shape index (κ1) is 16.1. The fourth-order valence-corrected chi connectivity index (χ4v) is 2.07. The van der Waals surface area contributed by atoms with Gasteiger partial charge in [-0.2, -0.15) is 0 Å². The van der Waals surface area contributed by atoms with Gasteiger partial charge in [0, 0.05) is 25.2 Å². The number of hydrogen-bond donors (Lipinski definition) is 1. The molecule has 0 fully saturated rings. The molecule has 0 amide bonds. The van der Waals surface area contributed by atoms with E-state index in [2.05, 4.69) is 9.80 Å². The first-order valence-electron chi connectivity index (χ1n) is 6.67. The highest BCUT2D eigenvalue weighted by atomic mass is 19.1. The third-order valence-corrected chi connectivity index (χ3v) is 3.29. The Morgan fingerprint density at radius 3 is 2.37 bits per heavy atom. The summed E-state index contributed by atoms with van der Waals surface area (Å²) >= 11 is 0. The molecular formula is C15H25FN2O.